The monoisotopic (exact) mass is 657 g/mol. The number of carbonyl (C=O) groups is 3. The van der Waals surface area contributed by atoms with Gasteiger partial charge in [-0.2, -0.15) is 0 Å². The molecule has 13 heteroatoms. The van der Waals surface area contributed by atoms with Crippen molar-refractivity contribution in [2.45, 2.75) is 48.9 Å². The van der Waals surface area contributed by atoms with E-state index in [0.717, 1.165) is 0 Å². The summed E-state index contributed by atoms with van der Waals surface area (Å²) in [5.41, 5.74) is -0.771. The number of carbonyl (C=O) groups excluding carboxylic acids is 3. The molecule has 4 aromatic rings. The first-order valence-corrected chi connectivity index (χ1v) is 15.6. The first-order valence-electron chi connectivity index (χ1n) is 15.6. The number of benzene rings is 3. The summed E-state index contributed by atoms with van der Waals surface area (Å²) >= 11 is 0. The van der Waals surface area contributed by atoms with Crippen LogP contribution in [0.15, 0.2) is 94.1 Å². The summed E-state index contributed by atoms with van der Waals surface area (Å²) < 4.78 is 11.0. The summed E-state index contributed by atoms with van der Waals surface area (Å²) in [6.45, 7) is -0.299. The number of rotatable bonds is 10. The zero-order chi connectivity index (χ0) is 34.0. The van der Waals surface area contributed by atoms with E-state index >= 15 is 0 Å². The van der Waals surface area contributed by atoms with Gasteiger partial charge in [0, 0.05) is 18.5 Å². The summed E-state index contributed by atoms with van der Waals surface area (Å²) in [6.07, 6.45) is -6.01. The Morgan fingerprint density at radius 3 is 2.17 bits per heavy atom. The number of unbranched alkanes of at least 4 members (excludes halogenated alkanes) is 1. The maximum absolute atomic E-state index is 13.8. The standard InChI is InChI=1S/C35H35N3O10/c39-19-26-27(40)28(41)29(42)30(47-26)21-14-13-20-17-24(32(44)48-25(20)18-21)31(43)36-15-7-8-16-38-33(45)35(37-34(38)46,22-9-3-1-4-10-22)23-11-5-2-6-12-23/h1-6,9-14,17-18,26-30,39-42H,7-8,15-16,19H2,(H,36,43)(H,37,46)/t26-,27+,28+,29-,30+/m1/s1. The van der Waals surface area contributed by atoms with Crippen molar-refractivity contribution < 1.29 is 44.0 Å². The second kappa shape index (κ2) is 13.7. The van der Waals surface area contributed by atoms with Gasteiger partial charge >= 0.3 is 11.7 Å². The molecule has 3 heterocycles. The number of fused-ring (bicyclic) bond motifs is 1. The Kier molecular flexibility index (Phi) is 9.40. The molecule has 3 aromatic carbocycles. The van der Waals surface area contributed by atoms with Crippen LogP contribution < -0.4 is 16.3 Å². The number of imide groups is 1. The molecular weight excluding hydrogens is 622 g/mol. The summed E-state index contributed by atoms with van der Waals surface area (Å²) in [5, 5.41) is 46.1. The number of amides is 4. The van der Waals surface area contributed by atoms with Crippen LogP contribution in [0.2, 0.25) is 0 Å². The molecule has 0 radical (unpaired) electrons. The molecule has 2 aliphatic heterocycles. The van der Waals surface area contributed by atoms with Crippen molar-refractivity contribution in [2.24, 2.45) is 0 Å². The van der Waals surface area contributed by atoms with Crippen LogP contribution in [0.5, 0.6) is 0 Å². The van der Waals surface area contributed by atoms with E-state index in [2.05, 4.69) is 10.6 Å². The Balaban J connectivity index is 1.08. The van der Waals surface area contributed by atoms with Crippen LogP contribution >= 0.6 is 0 Å². The quantitative estimate of drug-likeness (QED) is 0.0821. The molecule has 1 aromatic heterocycles. The summed E-state index contributed by atoms with van der Waals surface area (Å²) in [5.74, 6) is -1.05. The van der Waals surface area contributed by atoms with Crippen LogP contribution in [0.1, 0.15) is 46.0 Å². The molecule has 2 saturated heterocycles. The van der Waals surface area contributed by atoms with Gasteiger partial charge in [0.2, 0.25) is 0 Å². The second-order valence-electron chi connectivity index (χ2n) is 11.8. The number of nitrogens with zero attached hydrogens (tertiary/aromatic N) is 1. The topological polar surface area (TPSA) is 199 Å². The number of urea groups is 1. The van der Waals surface area contributed by atoms with Crippen molar-refractivity contribution in [1.29, 1.82) is 0 Å². The highest BCUT2D eigenvalue weighted by Gasteiger charge is 2.53. The zero-order valence-electron chi connectivity index (χ0n) is 25.7. The van der Waals surface area contributed by atoms with Crippen molar-refractivity contribution in [3.8, 4) is 0 Å². The lowest BCUT2D eigenvalue weighted by molar-refractivity contribution is -0.231. The van der Waals surface area contributed by atoms with Gasteiger partial charge in [-0.3, -0.25) is 14.5 Å². The van der Waals surface area contributed by atoms with Gasteiger partial charge in [-0.1, -0.05) is 72.8 Å². The predicted molar refractivity (Wildman–Crippen MR) is 171 cm³/mol. The van der Waals surface area contributed by atoms with Gasteiger partial charge < -0.3 is 40.2 Å². The molecule has 250 valence electrons. The zero-order valence-corrected chi connectivity index (χ0v) is 25.7. The third-order valence-corrected chi connectivity index (χ3v) is 8.84. The highest BCUT2D eigenvalue weighted by molar-refractivity contribution is 6.09. The molecule has 6 N–H and O–H groups in total. The van der Waals surface area contributed by atoms with E-state index in [1.807, 2.05) is 36.4 Å². The Bertz CT molecular complexity index is 1820. The molecule has 0 unspecified atom stereocenters. The van der Waals surface area contributed by atoms with E-state index < -0.39 is 66.1 Å². The van der Waals surface area contributed by atoms with Gasteiger partial charge in [0.15, 0.2) is 5.54 Å². The number of hydrogen-bond acceptors (Lipinski definition) is 10. The maximum Gasteiger partial charge on any atom is 0.349 e. The molecule has 0 aliphatic carbocycles. The highest BCUT2D eigenvalue weighted by Crippen LogP contribution is 2.36. The van der Waals surface area contributed by atoms with E-state index in [-0.39, 0.29) is 24.2 Å². The molecule has 5 atom stereocenters. The fraction of sp³-hybridized carbons (Fsp3) is 0.314. The SMILES string of the molecule is O=C(NCCCCN1C(=O)NC(c2ccccc2)(c2ccccc2)C1=O)c1cc2ccc([C@@H]3O[C@H](CO)[C@H](O)[C@H](O)[C@H]3O)cc2oc1=O. The Morgan fingerprint density at radius 1 is 0.854 bits per heavy atom. The number of aliphatic hydroxyl groups excluding tert-OH is 4. The Morgan fingerprint density at radius 2 is 1.52 bits per heavy atom. The third-order valence-electron chi connectivity index (χ3n) is 8.84. The summed E-state index contributed by atoms with van der Waals surface area (Å²) in [6, 6.07) is 23.5. The number of hydrogen-bond donors (Lipinski definition) is 6. The normalized spacial score (nSPS) is 23.7. The predicted octanol–water partition coefficient (Wildman–Crippen LogP) is 1.31. The minimum Gasteiger partial charge on any atom is -0.422 e. The van der Waals surface area contributed by atoms with Crippen molar-refractivity contribution in [1.82, 2.24) is 15.5 Å². The average Bonchev–Trinajstić information content (AvgIpc) is 3.36. The van der Waals surface area contributed by atoms with Crippen LogP contribution in [-0.4, -0.2) is 87.3 Å². The van der Waals surface area contributed by atoms with E-state index in [4.69, 9.17) is 9.15 Å². The van der Waals surface area contributed by atoms with Gasteiger partial charge in [0.25, 0.3) is 11.8 Å². The molecule has 6 rings (SSSR count). The molecule has 0 bridgehead atoms. The van der Waals surface area contributed by atoms with Crippen LogP contribution in [0.25, 0.3) is 11.0 Å². The van der Waals surface area contributed by atoms with Gasteiger partial charge in [0.1, 0.15) is 41.7 Å². The summed E-state index contributed by atoms with van der Waals surface area (Å²) in [7, 11) is 0. The number of aliphatic hydroxyl groups is 4. The fourth-order valence-electron chi connectivity index (χ4n) is 6.25. The number of nitrogens with one attached hydrogen (secondary N) is 2. The van der Waals surface area contributed by atoms with E-state index in [9.17, 15) is 39.6 Å². The van der Waals surface area contributed by atoms with Crippen molar-refractivity contribution in [2.75, 3.05) is 19.7 Å². The minimum atomic E-state index is -1.57. The molecule has 0 spiro atoms. The molecule has 48 heavy (non-hydrogen) atoms. The van der Waals surface area contributed by atoms with Crippen LogP contribution in [0.4, 0.5) is 4.79 Å². The largest absolute Gasteiger partial charge is 0.422 e. The fourth-order valence-corrected chi connectivity index (χ4v) is 6.25. The molecule has 2 fully saturated rings. The van der Waals surface area contributed by atoms with Gasteiger partial charge in [-0.25, -0.2) is 9.59 Å². The van der Waals surface area contributed by atoms with Gasteiger partial charge in [-0.15, -0.1) is 0 Å². The van der Waals surface area contributed by atoms with Crippen LogP contribution in [0.3, 0.4) is 0 Å². The molecule has 2 aliphatic rings. The molecule has 0 saturated carbocycles. The van der Waals surface area contributed by atoms with Gasteiger partial charge in [-0.05, 0) is 41.7 Å². The minimum absolute atomic E-state index is 0.0987. The Hall–Kier alpha value is -4.92. The van der Waals surface area contributed by atoms with Crippen LogP contribution in [0, 0.1) is 0 Å². The molecule has 4 amide bonds. The van der Waals surface area contributed by atoms with Crippen molar-refractivity contribution in [3.63, 3.8) is 0 Å². The number of ether oxygens (including phenoxy) is 1. The van der Waals surface area contributed by atoms with Crippen molar-refractivity contribution >= 4 is 28.8 Å². The Labute approximate surface area is 274 Å². The first kappa shape index (κ1) is 33.0. The van der Waals surface area contributed by atoms with Crippen molar-refractivity contribution in [3.05, 3.63) is 118 Å². The van der Waals surface area contributed by atoms with E-state index in [1.165, 1.54) is 17.0 Å². The smallest absolute Gasteiger partial charge is 0.349 e. The lowest BCUT2D eigenvalue weighted by atomic mass is 9.82. The van der Waals surface area contributed by atoms with Gasteiger partial charge in [0.05, 0.1) is 6.61 Å². The lowest BCUT2D eigenvalue weighted by Gasteiger charge is -2.40. The lowest BCUT2D eigenvalue weighted by Crippen LogP contribution is -2.55. The van der Waals surface area contributed by atoms with E-state index in [1.54, 1.807) is 36.4 Å². The van der Waals surface area contributed by atoms with E-state index in [0.29, 0.717) is 34.9 Å². The second-order valence-corrected chi connectivity index (χ2v) is 11.8. The highest BCUT2D eigenvalue weighted by atomic mass is 16.5. The first-order chi connectivity index (χ1) is 23.1. The average molecular weight is 658 g/mol. The summed E-state index contributed by atoms with van der Waals surface area (Å²) in [4.78, 5) is 53.7. The van der Waals surface area contributed by atoms with Crippen LogP contribution in [-0.2, 0) is 15.1 Å². The molecular formula is C35H35N3O10. The molecule has 13 nitrogen and oxygen atoms in total. The third kappa shape index (κ3) is 5.98. The maximum atomic E-state index is 13.8.